The van der Waals surface area contributed by atoms with E-state index in [2.05, 4.69) is 34.6 Å². The van der Waals surface area contributed by atoms with Crippen LogP contribution in [0.5, 0.6) is 0 Å². The SMILES string of the molecule is CN=C(NCC1CCN(S(C)(=O)=O)C1)NC(C)Cc1c(C)nn(C)c1C. The highest BCUT2D eigenvalue weighted by Gasteiger charge is 2.28. The average Bonchev–Trinajstić information content (AvgIpc) is 3.12. The summed E-state index contributed by atoms with van der Waals surface area (Å²) in [6.07, 6.45) is 3.02. The Kier molecular flexibility index (Phi) is 6.68. The minimum Gasteiger partial charge on any atom is -0.356 e. The summed E-state index contributed by atoms with van der Waals surface area (Å²) < 4.78 is 26.7. The maximum atomic E-state index is 11.6. The molecule has 0 aromatic carbocycles. The second-order valence-corrected chi connectivity index (χ2v) is 9.23. The molecule has 8 nitrogen and oxygen atoms in total. The van der Waals surface area contributed by atoms with Gasteiger partial charge in [0.05, 0.1) is 11.9 Å². The summed E-state index contributed by atoms with van der Waals surface area (Å²) in [6.45, 7) is 8.14. The molecule has 1 aromatic rings. The van der Waals surface area contributed by atoms with Gasteiger partial charge in [-0.2, -0.15) is 5.10 Å². The maximum absolute atomic E-state index is 11.6. The van der Waals surface area contributed by atoms with Gasteiger partial charge in [0.2, 0.25) is 10.0 Å². The lowest BCUT2D eigenvalue weighted by Gasteiger charge is -2.20. The fourth-order valence-corrected chi connectivity index (χ4v) is 4.32. The first-order chi connectivity index (χ1) is 12.1. The summed E-state index contributed by atoms with van der Waals surface area (Å²) in [4.78, 5) is 4.29. The van der Waals surface area contributed by atoms with Crippen molar-refractivity contribution >= 4 is 16.0 Å². The van der Waals surface area contributed by atoms with Gasteiger partial charge in [0.25, 0.3) is 0 Å². The van der Waals surface area contributed by atoms with Crippen molar-refractivity contribution in [2.24, 2.45) is 18.0 Å². The standard InChI is InChI=1S/C17H32N6O2S/c1-12(9-16-13(2)21-22(5)14(16)3)20-17(18-4)19-10-15-7-8-23(11-15)26(6,24)25/h12,15H,7-11H2,1-6H3,(H2,18,19,20). The Morgan fingerprint density at radius 2 is 2.12 bits per heavy atom. The van der Waals surface area contributed by atoms with Crippen molar-refractivity contribution in [1.82, 2.24) is 24.7 Å². The third kappa shape index (κ3) is 5.20. The monoisotopic (exact) mass is 384 g/mol. The smallest absolute Gasteiger partial charge is 0.211 e. The molecule has 1 saturated heterocycles. The quantitative estimate of drug-likeness (QED) is 0.548. The Balaban J connectivity index is 1.84. The number of hydrogen-bond donors (Lipinski definition) is 2. The lowest BCUT2D eigenvalue weighted by molar-refractivity contribution is 0.458. The van der Waals surface area contributed by atoms with Gasteiger partial charge in [-0.1, -0.05) is 0 Å². The molecule has 2 heterocycles. The van der Waals surface area contributed by atoms with Crippen LogP contribution in [0, 0.1) is 19.8 Å². The van der Waals surface area contributed by atoms with Crippen molar-refractivity contribution in [2.45, 2.75) is 39.7 Å². The Morgan fingerprint density at radius 1 is 1.42 bits per heavy atom. The van der Waals surface area contributed by atoms with Crippen LogP contribution in [-0.2, 0) is 23.5 Å². The van der Waals surface area contributed by atoms with E-state index in [1.165, 1.54) is 17.5 Å². The second-order valence-electron chi connectivity index (χ2n) is 7.25. The molecule has 0 saturated carbocycles. The second kappa shape index (κ2) is 8.39. The van der Waals surface area contributed by atoms with Crippen LogP contribution in [-0.4, -0.2) is 67.4 Å². The highest BCUT2D eigenvalue weighted by Crippen LogP contribution is 2.18. The Labute approximate surface area is 157 Å². The number of aryl methyl sites for hydroxylation is 2. The number of nitrogens with one attached hydrogen (secondary N) is 2. The summed E-state index contributed by atoms with van der Waals surface area (Å²) in [5.74, 6) is 1.05. The number of sulfonamides is 1. The molecule has 0 spiro atoms. The van der Waals surface area contributed by atoms with Crippen molar-refractivity contribution in [3.63, 3.8) is 0 Å². The molecular formula is C17H32N6O2S. The highest BCUT2D eigenvalue weighted by atomic mass is 32.2. The van der Waals surface area contributed by atoms with Crippen LogP contribution in [0.2, 0.25) is 0 Å². The van der Waals surface area contributed by atoms with Crippen molar-refractivity contribution in [2.75, 3.05) is 32.9 Å². The zero-order chi connectivity index (χ0) is 19.5. The summed E-state index contributed by atoms with van der Waals surface area (Å²) in [6, 6.07) is 0.207. The van der Waals surface area contributed by atoms with Crippen LogP contribution in [0.3, 0.4) is 0 Å². The first-order valence-corrected chi connectivity index (χ1v) is 10.9. The number of aliphatic imine (C=N–C) groups is 1. The van der Waals surface area contributed by atoms with Crippen LogP contribution in [0.4, 0.5) is 0 Å². The number of rotatable bonds is 6. The normalized spacial score (nSPS) is 20.4. The van der Waals surface area contributed by atoms with E-state index >= 15 is 0 Å². The predicted molar refractivity (Wildman–Crippen MR) is 105 cm³/mol. The van der Waals surface area contributed by atoms with Crippen LogP contribution >= 0.6 is 0 Å². The lowest BCUT2D eigenvalue weighted by atomic mass is 10.1. The van der Waals surface area contributed by atoms with Gasteiger partial charge in [-0.25, -0.2) is 12.7 Å². The van der Waals surface area contributed by atoms with Crippen molar-refractivity contribution in [3.05, 3.63) is 17.0 Å². The molecule has 0 bridgehead atoms. The van der Waals surface area contributed by atoms with Crippen LogP contribution in [0.15, 0.2) is 4.99 Å². The zero-order valence-corrected chi connectivity index (χ0v) is 17.5. The van der Waals surface area contributed by atoms with E-state index < -0.39 is 10.0 Å². The van der Waals surface area contributed by atoms with E-state index in [0.717, 1.165) is 24.5 Å². The molecule has 2 N–H and O–H groups in total. The summed E-state index contributed by atoms with van der Waals surface area (Å²) in [7, 11) is 0.627. The van der Waals surface area contributed by atoms with Gasteiger partial charge in [0.15, 0.2) is 5.96 Å². The van der Waals surface area contributed by atoms with Gasteiger partial charge in [-0.05, 0) is 45.1 Å². The topological polar surface area (TPSA) is 91.6 Å². The van der Waals surface area contributed by atoms with Gasteiger partial charge in [-0.3, -0.25) is 9.67 Å². The minimum atomic E-state index is -3.09. The van der Waals surface area contributed by atoms with Crippen LogP contribution < -0.4 is 10.6 Å². The molecule has 2 atom stereocenters. The van der Waals surface area contributed by atoms with E-state index in [9.17, 15) is 8.42 Å². The molecule has 1 fully saturated rings. The van der Waals surface area contributed by atoms with E-state index in [1.54, 1.807) is 11.4 Å². The van der Waals surface area contributed by atoms with E-state index in [0.29, 0.717) is 25.6 Å². The average molecular weight is 385 g/mol. The number of aromatic nitrogens is 2. The van der Waals surface area contributed by atoms with Crippen molar-refractivity contribution in [1.29, 1.82) is 0 Å². The largest absolute Gasteiger partial charge is 0.356 e. The molecule has 26 heavy (non-hydrogen) atoms. The number of guanidine groups is 1. The molecule has 1 aliphatic rings. The zero-order valence-electron chi connectivity index (χ0n) is 16.7. The molecule has 2 unspecified atom stereocenters. The Bertz CT molecular complexity index is 756. The van der Waals surface area contributed by atoms with Crippen LogP contribution in [0.1, 0.15) is 30.3 Å². The molecule has 0 aliphatic carbocycles. The molecule has 0 amide bonds. The van der Waals surface area contributed by atoms with Gasteiger partial charge < -0.3 is 10.6 Å². The third-order valence-corrected chi connectivity index (χ3v) is 6.32. The summed E-state index contributed by atoms with van der Waals surface area (Å²) >= 11 is 0. The minimum absolute atomic E-state index is 0.207. The first-order valence-electron chi connectivity index (χ1n) is 9.03. The predicted octanol–water partition coefficient (Wildman–Crippen LogP) is 0.414. The number of hydrogen-bond acceptors (Lipinski definition) is 4. The fraction of sp³-hybridized carbons (Fsp3) is 0.765. The first kappa shape index (κ1) is 20.7. The lowest BCUT2D eigenvalue weighted by Crippen LogP contribution is -2.45. The molecule has 2 rings (SSSR count). The van der Waals surface area contributed by atoms with E-state index in [-0.39, 0.29) is 6.04 Å². The molecule has 0 radical (unpaired) electrons. The molecule has 148 valence electrons. The maximum Gasteiger partial charge on any atom is 0.211 e. The van der Waals surface area contributed by atoms with Crippen LogP contribution in [0.25, 0.3) is 0 Å². The van der Waals surface area contributed by atoms with Gasteiger partial charge >= 0.3 is 0 Å². The Morgan fingerprint density at radius 3 is 2.62 bits per heavy atom. The van der Waals surface area contributed by atoms with E-state index in [1.807, 2.05) is 18.7 Å². The van der Waals surface area contributed by atoms with Gasteiger partial charge in [-0.15, -0.1) is 0 Å². The van der Waals surface area contributed by atoms with Crippen molar-refractivity contribution in [3.8, 4) is 0 Å². The molecule has 9 heteroatoms. The van der Waals surface area contributed by atoms with Gasteiger partial charge in [0.1, 0.15) is 0 Å². The third-order valence-electron chi connectivity index (χ3n) is 5.05. The fourth-order valence-electron chi connectivity index (χ4n) is 3.40. The molecular weight excluding hydrogens is 352 g/mol. The summed E-state index contributed by atoms with van der Waals surface area (Å²) in [5, 5.41) is 11.2. The molecule has 1 aromatic heterocycles. The van der Waals surface area contributed by atoms with Crippen molar-refractivity contribution < 1.29 is 8.42 Å². The van der Waals surface area contributed by atoms with Gasteiger partial charge in [0, 0.05) is 45.5 Å². The number of nitrogens with zero attached hydrogens (tertiary/aromatic N) is 4. The van der Waals surface area contributed by atoms with E-state index in [4.69, 9.17) is 0 Å². The highest BCUT2D eigenvalue weighted by molar-refractivity contribution is 7.88. The molecule has 1 aliphatic heterocycles. The summed E-state index contributed by atoms with van der Waals surface area (Å²) in [5.41, 5.74) is 3.52. The Hall–Kier alpha value is -1.61.